The number of amides is 3. The Morgan fingerprint density at radius 1 is 0.833 bits per heavy atom. The molecular weight excluding hydrogens is 490 g/mol. The van der Waals surface area contributed by atoms with E-state index in [0.717, 1.165) is 5.56 Å². The third kappa shape index (κ3) is 11.5. The zero-order valence-electron chi connectivity index (χ0n) is 19.9. The number of thiol groups is 1. The predicted molar refractivity (Wildman–Crippen MR) is 135 cm³/mol. The first-order chi connectivity index (χ1) is 17.1. The van der Waals surface area contributed by atoms with Gasteiger partial charge in [-0.25, -0.2) is 4.79 Å². The fourth-order valence-corrected chi connectivity index (χ4v) is 3.49. The zero-order chi connectivity index (χ0) is 27.1. The van der Waals surface area contributed by atoms with E-state index in [1.54, 1.807) is 30.3 Å². The number of carbonyl (C=O) groups is 5. The van der Waals surface area contributed by atoms with Crippen molar-refractivity contribution in [2.24, 2.45) is 11.5 Å². The number of carboxylic acids is 2. The van der Waals surface area contributed by atoms with E-state index in [1.165, 1.54) is 0 Å². The molecule has 9 N–H and O–H groups in total. The third-order valence-corrected chi connectivity index (χ3v) is 5.66. The van der Waals surface area contributed by atoms with Crippen LogP contribution in [0.4, 0.5) is 0 Å². The summed E-state index contributed by atoms with van der Waals surface area (Å²) < 4.78 is 0. The van der Waals surface area contributed by atoms with Crippen LogP contribution in [0, 0.1) is 0 Å². The van der Waals surface area contributed by atoms with Gasteiger partial charge in [-0.3, -0.25) is 19.2 Å². The smallest absolute Gasteiger partial charge is 0.326 e. The summed E-state index contributed by atoms with van der Waals surface area (Å²) in [5.74, 6) is -4.61. The molecule has 0 spiro atoms. The van der Waals surface area contributed by atoms with E-state index in [4.69, 9.17) is 16.6 Å². The molecule has 3 amide bonds. The van der Waals surface area contributed by atoms with Crippen LogP contribution >= 0.6 is 12.6 Å². The van der Waals surface area contributed by atoms with E-state index < -0.39 is 53.8 Å². The molecule has 36 heavy (non-hydrogen) atoms. The lowest BCUT2D eigenvalue weighted by molar-refractivity contribution is -0.142. The Bertz CT molecular complexity index is 887. The summed E-state index contributed by atoms with van der Waals surface area (Å²) >= 11 is 4.10. The molecule has 13 heteroatoms. The SMILES string of the molecule is NCCCCC(NC(=O)C(CS)NC(=O)C(Cc1ccccc1)NC(=O)C(N)CCC(=O)O)C(=O)O. The minimum atomic E-state index is -1.21. The Kier molecular flexibility index (Phi) is 14.1. The summed E-state index contributed by atoms with van der Waals surface area (Å²) in [5, 5.41) is 25.6. The standard InChI is InChI=1S/C23H35N5O7S/c24-11-5-4-8-16(23(34)35)26-22(33)18(13-36)28-21(32)17(12-14-6-2-1-3-7-14)27-20(31)15(25)9-10-19(29)30/h1-3,6-7,15-18,36H,4-5,8-13,24-25H2,(H,26,33)(H,27,31)(H,28,32)(H,29,30)(H,34,35). The van der Waals surface area contributed by atoms with Crippen LogP contribution in [-0.2, 0) is 30.4 Å². The monoisotopic (exact) mass is 525 g/mol. The zero-order valence-corrected chi connectivity index (χ0v) is 20.8. The second-order valence-electron chi connectivity index (χ2n) is 8.22. The van der Waals surface area contributed by atoms with Gasteiger partial charge in [-0.2, -0.15) is 12.6 Å². The van der Waals surface area contributed by atoms with E-state index in [9.17, 15) is 29.1 Å². The van der Waals surface area contributed by atoms with Gasteiger partial charge < -0.3 is 37.6 Å². The van der Waals surface area contributed by atoms with E-state index in [1.807, 2.05) is 0 Å². The van der Waals surface area contributed by atoms with Crippen molar-refractivity contribution in [1.82, 2.24) is 16.0 Å². The highest BCUT2D eigenvalue weighted by Gasteiger charge is 2.30. The van der Waals surface area contributed by atoms with Gasteiger partial charge in [-0.05, 0) is 37.8 Å². The number of benzene rings is 1. The summed E-state index contributed by atoms with van der Waals surface area (Å²) in [6, 6.07) is 4.18. The minimum absolute atomic E-state index is 0.0712. The number of hydrogen-bond donors (Lipinski definition) is 8. The molecule has 1 aromatic rings. The molecule has 0 fully saturated rings. The summed E-state index contributed by atoms with van der Waals surface area (Å²) in [6.45, 7) is 0.393. The summed E-state index contributed by atoms with van der Waals surface area (Å²) in [6.07, 6.45) is 0.903. The topological polar surface area (TPSA) is 214 Å². The summed E-state index contributed by atoms with van der Waals surface area (Å²) in [5.41, 5.74) is 11.9. The lowest BCUT2D eigenvalue weighted by Crippen LogP contribution is -2.58. The van der Waals surface area contributed by atoms with E-state index >= 15 is 0 Å². The van der Waals surface area contributed by atoms with Gasteiger partial charge >= 0.3 is 11.9 Å². The second kappa shape index (κ2) is 16.5. The van der Waals surface area contributed by atoms with Crippen molar-refractivity contribution in [3.63, 3.8) is 0 Å². The molecule has 0 saturated heterocycles. The molecule has 12 nitrogen and oxygen atoms in total. The fourth-order valence-electron chi connectivity index (χ4n) is 3.24. The van der Waals surface area contributed by atoms with Crippen molar-refractivity contribution in [3.8, 4) is 0 Å². The molecule has 0 aliphatic carbocycles. The number of aliphatic carboxylic acids is 2. The molecule has 4 atom stereocenters. The van der Waals surface area contributed by atoms with E-state index in [-0.39, 0.29) is 31.4 Å². The molecule has 200 valence electrons. The molecule has 1 rings (SSSR count). The van der Waals surface area contributed by atoms with Crippen LogP contribution in [0.1, 0.15) is 37.7 Å². The van der Waals surface area contributed by atoms with Crippen molar-refractivity contribution in [2.75, 3.05) is 12.3 Å². The van der Waals surface area contributed by atoms with Crippen LogP contribution in [0.3, 0.4) is 0 Å². The fraction of sp³-hybridized carbons (Fsp3) is 0.522. The van der Waals surface area contributed by atoms with Crippen LogP contribution in [0.15, 0.2) is 30.3 Å². The molecule has 0 aromatic heterocycles. The maximum atomic E-state index is 13.1. The number of unbranched alkanes of at least 4 members (excludes halogenated alkanes) is 1. The van der Waals surface area contributed by atoms with Crippen molar-refractivity contribution in [3.05, 3.63) is 35.9 Å². The summed E-state index contributed by atoms with van der Waals surface area (Å²) in [7, 11) is 0. The van der Waals surface area contributed by atoms with E-state index in [0.29, 0.717) is 19.4 Å². The van der Waals surface area contributed by atoms with Gasteiger partial charge in [0.05, 0.1) is 6.04 Å². The highest BCUT2D eigenvalue weighted by atomic mass is 32.1. The lowest BCUT2D eigenvalue weighted by Gasteiger charge is -2.24. The quantitative estimate of drug-likeness (QED) is 0.0925. The third-order valence-electron chi connectivity index (χ3n) is 5.30. The molecule has 0 saturated carbocycles. The Morgan fingerprint density at radius 3 is 1.97 bits per heavy atom. The van der Waals surface area contributed by atoms with Crippen LogP contribution in [-0.4, -0.2) is 76.3 Å². The van der Waals surface area contributed by atoms with Gasteiger partial charge in [0.2, 0.25) is 17.7 Å². The second-order valence-corrected chi connectivity index (χ2v) is 8.58. The Balaban J connectivity index is 2.93. The number of carbonyl (C=O) groups excluding carboxylic acids is 3. The van der Waals surface area contributed by atoms with Crippen molar-refractivity contribution >= 4 is 42.3 Å². The first kappa shape index (κ1) is 30.9. The lowest BCUT2D eigenvalue weighted by atomic mass is 10.0. The van der Waals surface area contributed by atoms with Crippen LogP contribution in [0.25, 0.3) is 0 Å². The number of rotatable bonds is 17. The highest BCUT2D eigenvalue weighted by Crippen LogP contribution is 2.07. The number of nitrogens with one attached hydrogen (secondary N) is 3. The maximum absolute atomic E-state index is 13.1. The van der Waals surface area contributed by atoms with Gasteiger partial charge in [0, 0.05) is 18.6 Å². The highest BCUT2D eigenvalue weighted by molar-refractivity contribution is 7.80. The predicted octanol–water partition coefficient (Wildman–Crippen LogP) is -0.981. The Labute approximate surface area is 215 Å². The summed E-state index contributed by atoms with van der Waals surface area (Å²) in [4.78, 5) is 60.6. The molecule has 0 radical (unpaired) electrons. The van der Waals surface area contributed by atoms with Crippen molar-refractivity contribution in [2.45, 2.75) is 62.7 Å². The average molecular weight is 526 g/mol. The molecule has 0 aliphatic heterocycles. The van der Waals surface area contributed by atoms with Gasteiger partial charge in [-0.15, -0.1) is 0 Å². The maximum Gasteiger partial charge on any atom is 0.326 e. The van der Waals surface area contributed by atoms with Crippen LogP contribution in [0.2, 0.25) is 0 Å². The van der Waals surface area contributed by atoms with Gasteiger partial charge in [0.1, 0.15) is 18.1 Å². The van der Waals surface area contributed by atoms with Crippen molar-refractivity contribution < 1.29 is 34.2 Å². The van der Waals surface area contributed by atoms with Crippen LogP contribution in [0.5, 0.6) is 0 Å². The molecule has 0 bridgehead atoms. The Morgan fingerprint density at radius 2 is 1.42 bits per heavy atom. The molecule has 0 aliphatic rings. The van der Waals surface area contributed by atoms with Gasteiger partial charge in [0.15, 0.2) is 0 Å². The largest absolute Gasteiger partial charge is 0.481 e. The first-order valence-corrected chi connectivity index (χ1v) is 12.2. The van der Waals surface area contributed by atoms with Crippen LogP contribution < -0.4 is 27.4 Å². The Hall–Kier alpha value is -3.16. The number of nitrogens with two attached hydrogens (primary N) is 2. The average Bonchev–Trinajstić information content (AvgIpc) is 2.84. The van der Waals surface area contributed by atoms with E-state index in [2.05, 4.69) is 28.6 Å². The molecule has 0 heterocycles. The normalized spacial score (nSPS) is 14.1. The first-order valence-electron chi connectivity index (χ1n) is 11.5. The number of hydrogen-bond acceptors (Lipinski definition) is 8. The molecule has 4 unspecified atom stereocenters. The molecule has 1 aromatic carbocycles. The van der Waals surface area contributed by atoms with Crippen molar-refractivity contribution in [1.29, 1.82) is 0 Å². The van der Waals surface area contributed by atoms with Gasteiger partial charge in [0.25, 0.3) is 0 Å². The molecular formula is C23H35N5O7S. The minimum Gasteiger partial charge on any atom is -0.481 e. The number of carboxylic acid groups (broad SMARTS) is 2. The van der Waals surface area contributed by atoms with Gasteiger partial charge in [-0.1, -0.05) is 30.3 Å².